The Morgan fingerprint density at radius 2 is 2.28 bits per heavy atom. The van der Waals surface area contributed by atoms with Gasteiger partial charge in [-0.25, -0.2) is 0 Å². The molecule has 1 aromatic carbocycles. The van der Waals surface area contributed by atoms with Crippen molar-refractivity contribution in [2.45, 2.75) is 32.2 Å². The van der Waals surface area contributed by atoms with E-state index in [4.69, 9.17) is 17.0 Å². The predicted molar refractivity (Wildman–Crippen MR) is 75.6 cm³/mol. The molecule has 3 rings (SSSR count). The molecule has 0 saturated heterocycles. The Bertz CT molecular complexity index is 610. The Balaban J connectivity index is 1.90. The van der Waals surface area contributed by atoms with Crippen LogP contribution in [0.5, 0.6) is 5.75 Å². The van der Waals surface area contributed by atoms with Crippen LogP contribution in [0.25, 0.3) is 11.0 Å². The van der Waals surface area contributed by atoms with Gasteiger partial charge < -0.3 is 14.3 Å². The van der Waals surface area contributed by atoms with Gasteiger partial charge in [0, 0.05) is 12.6 Å². The second-order valence-electron chi connectivity index (χ2n) is 5.05. The predicted octanol–water partition coefficient (Wildman–Crippen LogP) is 3.90. The summed E-state index contributed by atoms with van der Waals surface area (Å²) >= 11 is 5.41. The summed E-state index contributed by atoms with van der Waals surface area (Å²) in [7, 11) is 1.68. The van der Waals surface area contributed by atoms with Crippen molar-refractivity contribution in [3.63, 3.8) is 0 Å². The topological polar surface area (TPSA) is 29.9 Å². The number of nitrogens with zero attached hydrogens (tertiary/aromatic N) is 1. The molecule has 0 bridgehead atoms. The normalized spacial score (nSPS) is 15.8. The van der Waals surface area contributed by atoms with Gasteiger partial charge in [-0.2, -0.15) is 0 Å². The van der Waals surface area contributed by atoms with Crippen LogP contribution in [0.3, 0.4) is 0 Å². The molecule has 0 aliphatic heterocycles. The molecule has 1 heterocycles. The van der Waals surface area contributed by atoms with E-state index in [0.717, 1.165) is 28.5 Å². The number of aryl methyl sites for hydroxylation is 1. The van der Waals surface area contributed by atoms with E-state index in [1.54, 1.807) is 7.11 Å². The van der Waals surface area contributed by atoms with Gasteiger partial charge in [-0.15, -0.1) is 0 Å². The summed E-state index contributed by atoms with van der Waals surface area (Å²) in [5, 5.41) is 0. The molecule has 0 amide bonds. The van der Waals surface area contributed by atoms with Gasteiger partial charge in [0.25, 0.3) is 0 Å². The Morgan fingerprint density at radius 3 is 2.94 bits per heavy atom. The molecule has 1 N–H and O–H groups in total. The summed E-state index contributed by atoms with van der Waals surface area (Å²) in [6.45, 7) is 1.02. The minimum Gasteiger partial charge on any atom is -0.497 e. The summed E-state index contributed by atoms with van der Waals surface area (Å²) in [4.78, 5) is 3.26. The molecule has 4 heteroatoms. The zero-order valence-electron chi connectivity index (χ0n) is 10.6. The molecule has 1 aromatic heterocycles. The molecule has 18 heavy (non-hydrogen) atoms. The van der Waals surface area contributed by atoms with Crippen LogP contribution in [0.1, 0.15) is 25.7 Å². The van der Waals surface area contributed by atoms with Crippen molar-refractivity contribution in [3.8, 4) is 5.75 Å². The van der Waals surface area contributed by atoms with Crippen LogP contribution < -0.4 is 4.74 Å². The summed E-state index contributed by atoms with van der Waals surface area (Å²) in [5.41, 5.74) is 2.24. The quantitative estimate of drug-likeness (QED) is 0.847. The summed E-state index contributed by atoms with van der Waals surface area (Å²) < 4.78 is 8.26. The number of aromatic nitrogens is 2. The second kappa shape index (κ2) is 4.76. The lowest BCUT2D eigenvalue weighted by molar-refractivity contribution is 0.283. The zero-order chi connectivity index (χ0) is 12.5. The molecule has 0 atom stereocenters. The van der Waals surface area contributed by atoms with E-state index in [0.29, 0.717) is 0 Å². The molecular weight excluding hydrogens is 244 g/mol. The number of nitrogens with one attached hydrogen (secondary N) is 1. The van der Waals surface area contributed by atoms with Gasteiger partial charge in [0.1, 0.15) is 5.75 Å². The molecule has 96 valence electrons. The lowest BCUT2D eigenvalue weighted by atomic mass is 9.83. The van der Waals surface area contributed by atoms with E-state index in [1.165, 1.54) is 31.2 Å². The first-order chi connectivity index (χ1) is 8.78. The van der Waals surface area contributed by atoms with Crippen LogP contribution in [0.4, 0.5) is 0 Å². The molecule has 0 radical (unpaired) electrons. The lowest BCUT2D eigenvalue weighted by Crippen LogP contribution is -2.13. The molecular formula is C14H18N2OS. The zero-order valence-corrected chi connectivity index (χ0v) is 11.4. The number of H-pyrrole nitrogens is 1. The van der Waals surface area contributed by atoms with Crippen molar-refractivity contribution < 1.29 is 4.74 Å². The molecule has 2 aromatic rings. The SMILES string of the molecule is COc1ccc2c(c1)[nH]c(=S)n2CCC1CCC1. The first-order valence-electron chi connectivity index (χ1n) is 6.54. The van der Waals surface area contributed by atoms with E-state index in [1.807, 2.05) is 12.1 Å². The average molecular weight is 262 g/mol. The number of ether oxygens (including phenoxy) is 1. The largest absolute Gasteiger partial charge is 0.497 e. The van der Waals surface area contributed by atoms with Gasteiger partial charge in [0.15, 0.2) is 4.77 Å². The fourth-order valence-electron chi connectivity index (χ4n) is 2.58. The molecule has 0 unspecified atom stereocenters. The van der Waals surface area contributed by atoms with Crippen molar-refractivity contribution in [3.05, 3.63) is 23.0 Å². The van der Waals surface area contributed by atoms with Crippen LogP contribution in [0, 0.1) is 10.7 Å². The molecule has 1 aliphatic carbocycles. The molecule has 1 fully saturated rings. The minimum atomic E-state index is 0.817. The Hall–Kier alpha value is -1.29. The number of hydrogen-bond acceptors (Lipinski definition) is 2. The van der Waals surface area contributed by atoms with Crippen LogP contribution in [0.15, 0.2) is 18.2 Å². The van der Waals surface area contributed by atoms with Gasteiger partial charge in [-0.05, 0) is 36.7 Å². The minimum absolute atomic E-state index is 0.817. The van der Waals surface area contributed by atoms with Crippen LogP contribution in [0.2, 0.25) is 0 Å². The fourth-order valence-corrected chi connectivity index (χ4v) is 2.88. The number of fused-ring (bicyclic) bond motifs is 1. The number of imidazole rings is 1. The number of benzene rings is 1. The average Bonchev–Trinajstić information content (AvgIpc) is 2.62. The van der Waals surface area contributed by atoms with E-state index in [-0.39, 0.29) is 0 Å². The van der Waals surface area contributed by atoms with E-state index >= 15 is 0 Å². The number of methoxy groups -OCH3 is 1. The molecule has 0 spiro atoms. The highest BCUT2D eigenvalue weighted by Crippen LogP contribution is 2.30. The van der Waals surface area contributed by atoms with E-state index < -0.39 is 0 Å². The van der Waals surface area contributed by atoms with Crippen molar-refractivity contribution >= 4 is 23.3 Å². The highest BCUT2D eigenvalue weighted by Gasteiger charge is 2.17. The summed E-state index contributed by atoms with van der Waals surface area (Å²) in [5.74, 6) is 1.78. The Labute approximate surface area is 112 Å². The maximum absolute atomic E-state index is 5.41. The maximum Gasteiger partial charge on any atom is 0.178 e. The standard InChI is InChI=1S/C14H18N2OS/c1-17-11-5-6-13-12(9-11)15-14(18)16(13)8-7-10-3-2-4-10/h5-6,9-10H,2-4,7-8H2,1H3,(H,15,18). The van der Waals surface area contributed by atoms with Crippen LogP contribution in [-0.2, 0) is 6.54 Å². The molecule has 3 nitrogen and oxygen atoms in total. The first-order valence-corrected chi connectivity index (χ1v) is 6.95. The summed E-state index contributed by atoms with van der Waals surface area (Å²) in [6.07, 6.45) is 5.43. The number of hydrogen-bond donors (Lipinski definition) is 1. The monoisotopic (exact) mass is 262 g/mol. The molecule has 1 aliphatic rings. The van der Waals surface area contributed by atoms with Crippen molar-refractivity contribution in [1.29, 1.82) is 0 Å². The van der Waals surface area contributed by atoms with Crippen LogP contribution in [-0.4, -0.2) is 16.7 Å². The molecule has 1 saturated carbocycles. The Morgan fingerprint density at radius 1 is 1.44 bits per heavy atom. The van der Waals surface area contributed by atoms with Crippen molar-refractivity contribution in [1.82, 2.24) is 9.55 Å². The van der Waals surface area contributed by atoms with E-state index in [9.17, 15) is 0 Å². The van der Waals surface area contributed by atoms with Gasteiger partial charge in [-0.1, -0.05) is 19.3 Å². The highest BCUT2D eigenvalue weighted by molar-refractivity contribution is 7.71. The van der Waals surface area contributed by atoms with Gasteiger partial charge in [0.05, 0.1) is 18.1 Å². The number of aromatic amines is 1. The van der Waals surface area contributed by atoms with Gasteiger partial charge in [-0.3, -0.25) is 0 Å². The Kier molecular flexibility index (Phi) is 3.12. The fraction of sp³-hybridized carbons (Fsp3) is 0.500. The third-order valence-corrected chi connectivity index (χ3v) is 4.29. The summed E-state index contributed by atoms with van der Waals surface area (Å²) in [6, 6.07) is 6.08. The van der Waals surface area contributed by atoms with Crippen molar-refractivity contribution in [2.24, 2.45) is 5.92 Å². The van der Waals surface area contributed by atoms with Crippen molar-refractivity contribution in [2.75, 3.05) is 7.11 Å². The smallest absolute Gasteiger partial charge is 0.178 e. The van der Waals surface area contributed by atoms with E-state index in [2.05, 4.69) is 15.6 Å². The second-order valence-corrected chi connectivity index (χ2v) is 5.44. The van der Waals surface area contributed by atoms with Crippen LogP contribution >= 0.6 is 12.2 Å². The highest BCUT2D eigenvalue weighted by atomic mass is 32.1. The maximum atomic E-state index is 5.41. The van der Waals surface area contributed by atoms with Gasteiger partial charge >= 0.3 is 0 Å². The third-order valence-electron chi connectivity index (χ3n) is 3.97. The van der Waals surface area contributed by atoms with Gasteiger partial charge in [0.2, 0.25) is 0 Å². The first kappa shape index (κ1) is 11.8. The third kappa shape index (κ3) is 2.05. The number of rotatable bonds is 4. The lowest BCUT2D eigenvalue weighted by Gasteiger charge is -2.25.